The lowest BCUT2D eigenvalue weighted by atomic mass is 10.0. The number of benzene rings is 2. The molecule has 24 heavy (non-hydrogen) atoms. The lowest BCUT2D eigenvalue weighted by molar-refractivity contribution is -0.385. The van der Waals surface area contributed by atoms with Crippen molar-refractivity contribution >= 4 is 32.7 Å². The Labute approximate surface area is 143 Å². The minimum atomic E-state index is -0.558. The molecular formula is C16H11BrN2O5. The van der Waals surface area contributed by atoms with Crippen LogP contribution >= 0.6 is 15.9 Å². The molecule has 0 N–H and O–H groups in total. The van der Waals surface area contributed by atoms with Gasteiger partial charge in [0.25, 0.3) is 5.69 Å². The molecule has 2 heterocycles. The van der Waals surface area contributed by atoms with E-state index >= 15 is 0 Å². The van der Waals surface area contributed by atoms with E-state index in [1.54, 1.807) is 13.1 Å². The summed E-state index contributed by atoms with van der Waals surface area (Å²) in [5.74, 6) is -0.558. The normalized spacial score (nSPS) is 19.6. The van der Waals surface area contributed by atoms with Gasteiger partial charge >= 0.3 is 5.76 Å². The summed E-state index contributed by atoms with van der Waals surface area (Å²) < 4.78 is 13.0. The van der Waals surface area contributed by atoms with Crippen molar-refractivity contribution in [1.29, 1.82) is 0 Å². The maximum Gasteiger partial charge on any atom is 0.419 e. The highest BCUT2D eigenvalue weighted by atomic mass is 79.9. The smallest absolute Gasteiger partial charge is 0.407 e. The van der Waals surface area contributed by atoms with Crippen molar-refractivity contribution in [3.05, 3.63) is 72.7 Å². The summed E-state index contributed by atoms with van der Waals surface area (Å²) in [7, 11) is 1.56. The largest absolute Gasteiger partial charge is 0.419 e. The Morgan fingerprint density at radius 3 is 2.58 bits per heavy atom. The number of fused-ring (bicyclic) bond motifs is 1. The van der Waals surface area contributed by atoms with Gasteiger partial charge in [-0.3, -0.25) is 14.7 Å². The van der Waals surface area contributed by atoms with Crippen LogP contribution in [0.1, 0.15) is 23.3 Å². The van der Waals surface area contributed by atoms with Gasteiger partial charge in [-0.15, -0.1) is 0 Å². The molecule has 3 aromatic rings. The monoisotopic (exact) mass is 390 g/mol. The van der Waals surface area contributed by atoms with Gasteiger partial charge in [0.15, 0.2) is 5.58 Å². The second-order valence-electron chi connectivity index (χ2n) is 5.59. The van der Waals surface area contributed by atoms with Gasteiger partial charge in [-0.1, -0.05) is 28.1 Å². The highest BCUT2D eigenvalue weighted by Crippen LogP contribution is 2.53. The molecule has 1 fully saturated rings. The summed E-state index contributed by atoms with van der Waals surface area (Å²) in [6, 6.07) is 10.5. The molecule has 0 saturated carbocycles. The van der Waals surface area contributed by atoms with E-state index in [1.807, 2.05) is 24.3 Å². The Morgan fingerprint density at radius 2 is 1.92 bits per heavy atom. The predicted molar refractivity (Wildman–Crippen MR) is 88.8 cm³/mol. The summed E-state index contributed by atoms with van der Waals surface area (Å²) in [4.78, 5) is 22.5. The molecule has 0 aliphatic carbocycles. The average molecular weight is 391 g/mol. The van der Waals surface area contributed by atoms with E-state index in [2.05, 4.69) is 15.9 Å². The van der Waals surface area contributed by atoms with Crippen molar-refractivity contribution in [2.45, 2.75) is 12.2 Å². The van der Waals surface area contributed by atoms with Crippen molar-refractivity contribution < 1.29 is 14.1 Å². The lowest BCUT2D eigenvalue weighted by Crippen LogP contribution is -2.08. The van der Waals surface area contributed by atoms with Gasteiger partial charge < -0.3 is 9.15 Å². The molecule has 0 radical (unpaired) electrons. The number of aryl methyl sites for hydroxylation is 1. The molecule has 1 aromatic heterocycles. The molecule has 1 aliphatic rings. The minimum Gasteiger partial charge on any atom is -0.407 e. The van der Waals surface area contributed by atoms with Crippen molar-refractivity contribution in [3.8, 4) is 0 Å². The molecule has 7 nitrogen and oxygen atoms in total. The predicted octanol–water partition coefficient (Wildman–Crippen LogP) is 3.61. The lowest BCUT2D eigenvalue weighted by Gasteiger charge is -2.01. The summed E-state index contributed by atoms with van der Waals surface area (Å²) in [5.41, 5.74) is 1.97. The second-order valence-corrected chi connectivity index (χ2v) is 6.51. The summed E-state index contributed by atoms with van der Waals surface area (Å²) in [5, 5.41) is 11.4. The Hall–Kier alpha value is -2.45. The van der Waals surface area contributed by atoms with Gasteiger partial charge in [-0.05, 0) is 23.8 Å². The third kappa shape index (κ3) is 2.35. The van der Waals surface area contributed by atoms with E-state index < -0.39 is 16.8 Å². The first-order valence-corrected chi connectivity index (χ1v) is 7.94. The average Bonchev–Trinajstić information content (AvgIpc) is 3.29. The summed E-state index contributed by atoms with van der Waals surface area (Å²) in [6.07, 6.45) is -0.654. The van der Waals surface area contributed by atoms with Crippen LogP contribution in [0, 0.1) is 10.1 Å². The van der Waals surface area contributed by atoms with Crippen molar-refractivity contribution in [1.82, 2.24) is 4.57 Å². The van der Waals surface area contributed by atoms with Gasteiger partial charge in [0.2, 0.25) is 0 Å². The SMILES string of the molecule is Cn1c(=O)oc2cc([N+](=O)[O-])c(C3OC3c3ccc(Br)cc3)cc21. The number of oxazole rings is 1. The number of nitro groups is 1. The number of ether oxygens (including phenoxy) is 1. The van der Waals surface area contributed by atoms with Crippen molar-refractivity contribution in [2.24, 2.45) is 7.05 Å². The van der Waals surface area contributed by atoms with Crippen LogP contribution in [0.5, 0.6) is 0 Å². The number of hydrogen-bond donors (Lipinski definition) is 0. The van der Waals surface area contributed by atoms with Gasteiger partial charge in [-0.25, -0.2) is 4.79 Å². The Balaban J connectivity index is 1.80. The van der Waals surface area contributed by atoms with Crippen LogP contribution in [0.15, 0.2) is 50.1 Å². The molecule has 8 heteroatoms. The first kappa shape index (κ1) is 15.1. The van der Waals surface area contributed by atoms with Gasteiger partial charge in [-0.2, -0.15) is 0 Å². The zero-order chi connectivity index (χ0) is 17.0. The molecule has 122 valence electrons. The maximum atomic E-state index is 11.6. The van der Waals surface area contributed by atoms with Crippen LogP contribution in [0.2, 0.25) is 0 Å². The van der Waals surface area contributed by atoms with E-state index in [4.69, 9.17) is 9.15 Å². The van der Waals surface area contributed by atoms with Gasteiger partial charge in [0.1, 0.15) is 12.2 Å². The molecule has 4 rings (SSSR count). The van der Waals surface area contributed by atoms with E-state index in [0.717, 1.165) is 10.0 Å². The summed E-state index contributed by atoms with van der Waals surface area (Å²) >= 11 is 3.37. The van der Waals surface area contributed by atoms with E-state index in [1.165, 1.54) is 10.6 Å². The number of nitrogens with zero attached hydrogens (tertiary/aromatic N) is 2. The van der Waals surface area contributed by atoms with Gasteiger partial charge in [0.05, 0.1) is 22.1 Å². The summed E-state index contributed by atoms with van der Waals surface area (Å²) in [6.45, 7) is 0. The van der Waals surface area contributed by atoms with Crippen LogP contribution < -0.4 is 5.76 Å². The zero-order valence-corrected chi connectivity index (χ0v) is 14.0. The molecule has 2 aromatic carbocycles. The Morgan fingerprint density at radius 1 is 1.21 bits per heavy atom. The minimum absolute atomic E-state index is 0.110. The standard InChI is InChI=1S/C16H11BrN2O5/c1-18-12-6-10(11(19(21)22)7-13(12)23-16(18)20)15-14(24-15)8-2-4-9(17)5-3-8/h2-7,14-15H,1H3. The number of halogens is 1. The van der Waals surface area contributed by atoms with Crippen LogP contribution in [0.25, 0.3) is 11.1 Å². The number of rotatable bonds is 3. The first-order valence-electron chi connectivity index (χ1n) is 7.14. The second kappa shape index (κ2) is 5.29. The fourth-order valence-corrected chi connectivity index (χ4v) is 3.08. The van der Waals surface area contributed by atoms with Crippen LogP contribution in [-0.4, -0.2) is 9.49 Å². The number of epoxide rings is 1. The number of hydrogen-bond acceptors (Lipinski definition) is 5. The molecule has 0 amide bonds. The van der Waals surface area contributed by atoms with Crippen LogP contribution in [0.3, 0.4) is 0 Å². The molecule has 0 spiro atoms. The Kier molecular flexibility index (Phi) is 3.33. The molecule has 2 atom stereocenters. The molecule has 1 aliphatic heterocycles. The van der Waals surface area contributed by atoms with E-state index in [9.17, 15) is 14.9 Å². The number of nitro benzene ring substituents is 1. The van der Waals surface area contributed by atoms with Crippen molar-refractivity contribution in [3.63, 3.8) is 0 Å². The first-order chi connectivity index (χ1) is 11.5. The Bertz CT molecular complexity index is 1020. The maximum absolute atomic E-state index is 11.6. The third-order valence-electron chi connectivity index (χ3n) is 4.13. The highest BCUT2D eigenvalue weighted by Gasteiger charge is 2.45. The molecule has 1 saturated heterocycles. The highest BCUT2D eigenvalue weighted by molar-refractivity contribution is 9.10. The van der Waals surface area contributed by atoms with E-state index in [-0.39, 0.29) is 17.4 Å². The fourth-order valence-electron chi connectivity index (χ4n) is 2.82. The molecule has 2 unspecified atom stereocenters. The molecule has 0 bridgehead atoms. The van der Waals surface area contributed by atoms with Crippen LogP contribution in [-0.2, 0) is 11.8 Å². The number of aromatic nitrogens is 1. The topological polar surface area (TPSA) is 90.8 Å². The molecular weight excluding hydrogens is 380 g/mol. The van der Waals surface area contributed by atoms with E-state index in [0.29, 0.717) is 11.1 Å². The van der Waals surface area contributed by atoms with Crippen LogP contribution in [0.4, 0.5) is 5.69 Å². The quantitative estimate of drug-likeness (QED) is 0.387. The van der Waals surface area contributed by atoms with Gasteiger partial charge in [0, 0.05) is 11.5 Å². The third-order valence-corrected chi connectivity index (χ3v) is 4.66. The zero-order valence-electron chi connectivity index (χ0n) is 12.4. The fraction of sp³-hybridized carbons (Fsp3) is 0.188. The van der Waals surface area contributed by atoms with Crippen molar-refractivity contribution in [2.75, 3.05) is 0 Å².